The number of rotatable bonds is 6. The van der Waals surface area contributed by atoms with Gasteiger partial charge in [0.2, 0.25) is 0 Å². The first kappa shape index (κ1) is 38.2. The van der Waals surface area contributed by atoms with Crippen LogP contribution in [0.4, 0.5) is 26.3 Å². The Morgan fingerprint density at radius 2 is 0.904 bits per heavy atom. The van der Waals surface area contributed by atoms with Crippen molar-refractivity contribution in [3.05, 3.63) is 142 Å². The minimum absolute atomic E-state index is 0.0762. The average molecular weight is 751 g/mol. The van der Waals surface area contributed by atoms with Crippen LogP contribution in [0.25, 0.3) is 22.5 Å². The van der Waals surface area contributed by atoms with Crippen LogP contribution in [0.2, 0.25) is 0 Å². The number of nitrogens with one attached hydrogen (secondary N) is 2. The van der Waals surface area contributed by atoms with E-state index < -0.39 is 23.5 Å². The maximum Gasteiger partial charge on any atom is 0.416 e. The Kier molecular flexibility index (Phi) is 10.9. The van der Waals surface area contributed by atoms with Gasteiger partial charge >= 0.3 is 12.4 Å². The molecule has 3 aromatic carbocycles. The van der Waals surface area contributed by atoms with E-state index in [2.05, 4.69) is 9.97 Å². The molecule has 0 radical (unpaired) electrons. The molecule has 0 saturated carbocycles. The number of hydrogen-bond acceptors (Lipinski definition) is 6. The largest absolute Gasteiger partial charge is 0.416 e. The van der Waals surface area contributed by atoms with E-state index >= 15 is 0 Å². The summed E-state index contributed by atoms with van der Waals surface area (Å²) in [5.41, 5.74) is 2.38. The molecule has 0 unspecified atom stereocenters. The van der Waals surface area contributed by atoms with Crippen molar-refractivity contribution in [2.75, 3.05) is 0 Å². The maximum absolute atomic E-state index is 13.0. The van der Waals surface area contributed by atoms with Crippen LogP contribution in [0.5, 0.6) is 0 Å². The molecule has 0 bridgehead atoms. The van der Waals surface area contributed by atoms with Gasteiger partial charge in [-0.2, -0.15) is 26.3 Å². The summed E-state index contributed by atoms with van der Waals surface area (Å²) in [6.45, 7) is 5.99. The molecule has 14 heteroatoms. The van der Waals surface area contributed by atoms with Crippen LogP contribution in [0.3, 0.4) is 0 Å². The second-order valence-corrected chi connectivity index (χ2v) is 14.7. The van der Waals surface area contributed by atoms with Gasteiger partial charge in [-0.25, -0.2) is 20.8 Å². The normalized spacial score (nSPS) is 12.0. The zero-order valence-corrected chi connectivity index (χ0v) is 29.6. The molecule has 0 aliphatic heterocycles. The number of pyridine rings is 2. The van der Waals surface area contributed by atoms with Crippen molar-refractivity contribution in [2.24, 2.45) is 0 Å². The molecule has 5 rings (SSSR count). The number of nitrogens with two attached hydrogens (primary N) is 2. The second-order valence-electron chi connectivity index (χ2n) is 12.6. The number of benzene rings is 3. The fraction of sp³-hybridized carbons (Fsp3) is 0.158. The summed E-state index contributed by atoms with van der Waals surface area (Å²) in [5, 5.41) is 31.2. The van der Waals surface area contributed by atoms with Gasteiger partial charge in [-0.1, -0.05) is 57.2 Å². The number of aromatic nitrogens is 2. The molecule has 5 aromatic rings. The van der Waals surface area contributed by atoms with Gasteiger partial charge in [0.1, 0.15) is 21.5 Å². The van der Waals surface area contributed by atoms with Gasteiger partial charge < -0.3 is 0 Å². The molecule has 0 aliphatic rings. The van der Waals surface area contributed by atoms with E-state index in [0.29, 0.717) is 45.0 Å². The monoisotopic (exact) mass is 750 g/mol. The lowest BCUT2D eigenvalue weighted by Gasteiger charge is -2.21. The topological polar surface area (TPSA) is 125 Å². The Morgan fingerprint density at radius 3 is 1.23 bits per heavy atom. The highest BCUT2D eigenvalue weighted by atomic mass is 32.2. The van der Waals surface area contributed by atoms with Crippen molar-refractivity contribution in [3.8, 4) is 22.5 Å². The van der Waals surface area contributed by atoms with Crippen LogP contribution in [-0.2, 0) is 17.8 Å². The average Bonchev–Trinajstić information content (AvgIpc) is 3.10. The van der Waals surface area contributed by atoms with Gasteiger partial charge in [-0.05, 0) is 77.7 Å². The van der Waals surface area contributed by atoms with Gasteiger partial charge in [0, 0.05) is 45.8 Å². The predicted octanol–water partition coefficient (Wildman–Crippen LogP) is 7.67. The summed E-state index contributed by atoms with van der Waals surface area (Å²) in [6.07, 6.45) is -8.92. The van der Waals surface area contributed by atoms with Crippen LogP contribution < -0.4 is 10.8 Å². The van der Waals surface area contributed by atoms with Crippen molar-refractivity contribution < 1.29 is 37.2 Å². The first-order valence-electron chi connectivity index (χ1n) is 15.5. The van der Waals surface area contributed by atoms with Crippen molar-refractivity contribution >= 4 is 43.7 Å². The lowest BCUT2D eigenvalue weighted by Crippen LogP contribution is -2.39. The third-order valence-electron chi connectivity index (χ3n) is 7.77. The quantitative estimate of drug-likeness (QED) is 0.0808. The summed E-state index contributed by atoms with van der Waals surface area (Å²) >= 11 is 1.91. The van der Waals surface area contributed by atoms with Crippen LogP contribution in [-0.4, -0.2) is 30.1 Å². The zero-order valence-electron chi connectivity index (χ0n) is 27.9. The Balaban J connectivity index is 1.34. The predicted molar refractivity (Wildman–Crippen MR) is 195 cm³/mol. The van der Waals surface area contributed by atoms with Crippen LogP contribution >= 0.6 is 23.5 Å². The Morgan fingerprint density at radius 1 is 0.538 bits per heavy atom. The van der Waals surface area contributed by atoms with E-state index in [4.69, 9.17) is 21.6 Å². The fourth-order valence-electron chi connectivity index (χ4n) is 4.89. The highest BCUT2D eigenvalue weighted by Crippen LogP contribution is 2.33. The van der Waals surface area contributed by atoms with Crippen molar-refractivity contribution in [1.29, 1.82) is 10.8 Å². The van der Waals surface area contributed by atoms with Crippen molar-refractivity contribution in [3.63, 3.8) is 0 Å². The van der Waals surface area contributed by atoms with Gasteiger partial charge in [0.25, 0.3) is 10.1 Å². The van der Waals surface area contributed by atoms with E-state index in [1.165, 1.54) is 24.3 Å². The van der Waals surface area contributed by atoms with Crippen molar-refractivity contribution in [1.82, 2.24) is 9.97 Å². The van der Waals surface area contributed by atoms with E-state index in [1.54, 1.807) is 42.5 Å². The molecule has 266 valence electrons. The molecule has 2 aromatic heterocycles. The summed E-state index contributed by atoms with van der Waals surface area (Å²) < 4.78 is 78.2. The number of thioether (sulfide) groups is 2. The highest BCUT2D eigenvalue weighted by Gasteiger charge is 2.31. The summed E-state index contributed by atoms with van der Waals surface area (Å²) in [6, 6.07) is 24.6. The molecule has 0 aliphatic carbocycles. The molecule has 0 fully saturated rings. The minimum Gasteiger partial charge on any atom is -0.293 e. The molecular weight excluding hydrogens is 719 g/mol. The lowest BCUT2D eigenvalue weighted by molar-refractivity contribution is -0.138. The van der Waals surface area contributed by atoms with Crippen LogP contribution in [0.15, 0.2) is 103 Å². The van der Waals surface area contributed by atoms with E-state index in [1.807, 2.05) is 32.9 Å². The summed E-state index contributed by atoms with van der Waals surface area (Å²) in [4.78, 5) is 9.04. The summed E-state index contributed by atoms with van der Waals surface area (Å²) in [5.74, 6) is 0. The summed E-state index contributed by atoms with van der Waals surface area (Å²) in [7, 11) is 0. The molecule has 0 saturated heterocycles. The van der Waals surface area contributed by atoms with Crippen molar-refractivity contribution in [2.45, 2.75) is 38.5 Å². The lowest BCUT2D eigenvalue weighted by atomic mass is 9.85. The van der Waals surface area contributed by atoms with E-state index in [9.17, 15) is 26.3 Å². The number of halogens is 6. The second kappa shape index (κ2) is 14.9. The molecule has 6 nitrogen and oxygen atoms in total. The molecule has 0 atom stereocenters. The number of hydrogen-bond donors (Lipinski definition) is 4. The minimum atomic E-state index is -4.46. The molecule has 6 N–H and O–H groups in total. The fourth-order valence-corrected chi connectivity index (χ4v) is 6.24. The van der Waals surface area contributed by atoms with E-state index in [0.717, 1.165) is 53.4 Å². The highest BCUT2D eigenvalue weighted by molar-refractivity contribution is 8.27. The first-order valence-corrected chi connectivity index (χ1v) is 17.2. The first-order chi connectivity index (χ1) is 24.3. The van der Waals surface area contributed by atoms with Gasteiger partial charge in [0.15, 0.2) is 0 Å². The van der Waals surface area contributed by atoms with Crippen LogP contribution in [0, 0.1) is 10.8 Å². The third-order valence-corrected chi connectivity index (χ3v) is 9.50. The molecule has 0 spiro atoms. The molecule has 0 amide bonds. The standard InChI is InChI=1S/C38H30F6N6S2/c1-36(2,3)27-19-23(32(45)51-34(47)30-8-4-6-28(49-30)21-10-14-25(15-11-21)37(39,40)41)18-24(20-27)33(46)52-35(48)31-9-5-7-29(50-31)22-12-16-26(17-13-22)38(42,43)44/h4-20,45-48H,1-3H3/p+2. The van der Waals surface area contributed by atoms with Crippen LogP contribution in [0.1, 0.15) is 60.0 Å². The smallest absolute Gasteiger partial charge is 0.293 e. The molecular formula is C38H32F6N6S2+2. The molecule has 52 heavy (non-hydrogen) atoms. The zero-order chi connectivity index (χ0) is 38.0. The number of nitrogens with zero attached hydrogens (tertiary/aromatic N) is 2. The SMILES string of the molecule is CC(C)(C)c1cc(C(=N)SC(=[NH2+])c2cccc(-c3ccc(C(F)(F)F)cc3)n2)cc(C(=N)SC(=[NH2+])c2cccc(-c3ccc(C(F)(F)F)cc3)n2)c1. The maximum atomic E-state index is 13.0. The molecule has 2 heterocycles. The number of alkyl halides is 6. The Bertz CT molecular complexity index is 2030. The Hall–Kier alpha value is -5.08. The van der Waals surface area contributed by atoms with Gasteiger partial charge in [-0.3, -0.25) is 10.8 Å². The Labute approximate surface area is 304 Å². The van der Waals surface area contributed by atoms with Gasteiger partial charge in [-0.15, -0.1) is 0 Å². The van der Waals surface area contributed by atoms with E-state index in [-0.39, 0.29) is 25.6 Å². The van der Waals surface area contributed by atoms with Gasteiger partial charge in [0.05, 0.1) is 22.5 Å². The third kappa shape index (κ3) is 9.22.